The number of carbonyl (C=O) groups excluding carboxylic acids is 2. The van der Waals surface area contributed by atoms with Gasteiger partial charge in [0.25, 0.3) is 5.91 Å². The molecule has 0 aliphatic rings. The van der Waals surface area contributed by atoms with Crippen LogP contribution < -0.4 is 10.1 Å². The molecule has 0 atom stereocenters. The molecule has 3 rings (SSSR count). The van der Waals surface area contributed by atoms with E-state index in [4.69, 9.17) is 9.47 Å². The lowest BCUT2D eigenvalue weighted by molar-refractivity contribution is -0.149. The van der Waals surface area contributed by atoms with Crippen molar-refractivity contribution in [2.45, 2.75) is 0 Å². The van der Waals surface area contributed by atoms with E-state index < -0.39 is 11.9 Å². The van der Waals surface area contributed by atoms with E-state index in [1.807, 2.05) is 48.5 Å². The lowest BCUT2D eigenvalue weighted by Crippen LogP contribution is -2.23. The van der Waals surface area contributed by atoms with Crippen LogP contribution in [0.2, 0.25) is 0 Å². The van der Waals surface area contributed by atoms with Crippen LogP contribution in [-0.2, 0) is 14.3 Å². The fourth-order valence-electron chi connectivity index (χ4n) is 2.42. The zero-order valence-electron chi connectivity index (χ0n) is 14.6. The van der Waals surface area contributed by atoms with Crippen molar-refractivity contribution in [1.29, 1.82) is 0 Å². The zero-order valence-corrected chi connectivity index (χ0v) is 14.6. The largest absolute Gasteiger partial charge is 0.482 e. The molecule has 0 fully saturated rings. The number of ether oxygens (including phenoxy) is 2. The van der Waals surface area contributed by atoms with Gasteiger partial charge in [0, 0.05) is 5.69 Å². The van der Waals surface area contributed by atoms with Gasteiger partial charge in [-0.25, -0.2) is 4.79 Å². The van der Waals surface area contributed by atoms with E-state index in [0.29, 0.717) is 11.4 Å². The number of esters is 1. The van der Waals surface area contributed by atoms with Crippen LogP contribution in [0.15, 0.2) is 84.9 Å². The Kier molecular flexibility index (Phi) is 6.20. The molecule has 0 unspecified atom stereocenters. The Balaban J connectivity index is 1.42. The van der Waals surface area contributed by atoms with E-state index in [0.717, 1.165) is 11.1 Å². The third-order valence-electron chi connectivity index (χ3n) is 3.74. The van der Waals surface area contributed by atoms with Crippen molar-refractivity contribution in [2.75, 3.05) is 18.5 Å². The van der Waals surface area contributed by atoms with Gasteiger partial charge in [-0.05, 0) is 35.4 Å². The molecular weight excluding hydrogens is 342 g/mol. The predicted molar refractivity (Wildman–Crippen MR) is 103 cm³/mol. The fraction of sp³-hybridized carbons (Fsp3) is 0.0909. The number of nitrogens with one attached hydrogen (secondary N) is 1. The molecular formula is C22H19NO4. The first kappa shape index (κ1) is 18.2. The highest BCUT2D eigenvalue weighted by atomic mass is 16.6. The summed E-state index contributed by atoms with van der Waals surface area (Å²) < 4.78 is 10.3. The Morgan fingerprint density at radius 1 is 0.704 bits per heavy atom. The normalized spacial score (nSPS) is 10.1. The number of amides is 1. The van der Waals surface area contributed by atoms with Gasteiger partial charge in [-0.1, -0.05) is 60.7 Å². The van der Waals surface area contributed by atoms with Crippen LogP contribution in [0.25, 0.3) is 11.1 Å². The number of anilines is 1. The molecule has 0 aliphatic carbocycles. The third-order valence-corrected chi connectivity index (χ3v) is 3.74. The minimum atomic E-state index is -0.606. The fourth-order valence-corrected chi connectivity index (χ4v) is 2.42. The van der Waals surface area contributed by atoms with E-state index in [1.165, 1.54) is 0 Å². The standard InChI is InChI=1S/C22H19NO4/c24-21(23-19-9-5-2-6-10-19)15-27-22(25)16-26-20-13-11-18(12-14-20)17-7-3-1-4-8-17/h1-14H,15-16H2,(H,23,24). The summed E-state index contributed by atoms with van der Waals surface area (Å²) in [6.07, 6.45) is 0. The minimum absolute atomic E-state index is 0.261. The second-order valence-electron chi connectivity index (χ2n) is 5.75. The second-order valence-corrected chi connectivity index (χ2v) is 5.75. The molecule has 27 heavy (non-hydrogen) atoms. The van der Waals surface area contributed by atoms with Crippen LogP contribution in [0.3, 0.4) is 0 Å². The number of rotatable bonds is 7. The summed E-state index contributed by atoms with van der Waals surface area (Å²) in [7, 11) is 0. The summed E-state index contributed by atoms with van der Waals surface area (Å²) in [4.78, 5) is 23.5. The van der Waals surface area contributed by atoms with Gasteiger partial charge in [-0.3, -0.25) is 4.79 Å². The van der Waals surface area contributed by atoms with Gasteiger partial charge in [-0.15, -0.1) is 0 Å². The number of hydrogen-bond acceptors (Lipinski definition) is 4. The average Bonchev–Trinajstić information content (AvgIpc) is 2.72. The van der Waals surface area contributed by atoms with E-state index in [9.17, 15) is 9.59 Å². The number of carbonyl (C=O) groups is 2. The molecule has 1 N–H and O–H groups in total. The molecule has 3 aromatic rings. The topological polar surface area (TPSA) is 64.6 Å². The first-order valence-corrected chi connectivity index (χ1v) is 8.49. The van der Waals surface area contributed by atoms with E-state index in [1.54, 1.807) is 36.4 Å². The summed E-state index contributed by atoms with van der Waals surface area (Å²) in [5.74, 6) is -0.451. The van der Waals surface area contributed by atoms with Crippen molar-refractivity contribution in [3.63, 3.8) is 0 Å². The van der Waals surface area contributed by atoms with Crippen molar-refractivity contribution in [3.8, 4) is 16.9 Å². The molecule has 0 aliphatic heterocycles. The van der Waals surface area contributed by atoms with Crippen LogP contribution >= 0.6 is 0 Å². The van der Waals surface area contributed by atoms with Gasteiger partial charge >= 0.3 is 5.97 Å². The summed E-state index contributed by atoms with van der Waals surface area (Å²) in [5, 5.41) is 2.64. The van der Waals surface area contributed by atoms with Gasteiger partial charge in [0.15, 0.2) is 13.2 Å². The van der Waals surface area contributed by atoms with Crippen LogP contribution in [-0.4, -0.2) is 25.1 Å². The summed E-state index contributed by atoms with van der Waals surface area (Å²) in [5.41, 5.74) is 2.81. The molecule has 0 saturated heterocycles. The Morgan fingerprint density at radius 3 is 1.96 bits per heavy atom. The Hall–Kier alpha value is -3.60. The lowest BCUT2D eigenvalue weighted by Gasteiger charge is -2.08. The van der Waals surface area contributed by atoms with Crippen molar-refractivity contribution < 1.29 is 19.1 Å². The molecule has 136 valence electrons. The van der Waals surface area contributed by atoms with Crippen molar-refractivity contribution in [2.24, 2.45) is 0 Å². The molecule has 3 aromatic carbocycles. The van der Waals surface area contributed by atoms with E-state index in [2.05, 4.69) is 5.32 Å². The predicted octanol–water partition coefficient (Wildman–Crippen LogP) is 3.91. The van der Waals surface area contributed by atoms with E-state index >= 15 is 0 Å². The highest BCUT2D eigenvalue weighted by Crippen LogP contribution is 2.22. The van der Waals surface area contributed by atoms with Gasteiger partial charge in [0.05, 0.1) is 0 Å². The van der Waals surface area contributed by atoms with Gasteiger partial charge in [-0.2, -0.15) is 0 Å². The number of hydrogen-bond donors (Lipinski definition) is 1. The SMILES string of the molecule is O=C(COC(=O)COc1ccc(-c2ccccc2)cc1)Nc1ccccc1. The maximum atomic E-state index is 11.7. The highest BCUT2D eigenvalue weighted by Gasteiger charge is 2.09. The molecule has 0 saturated carbocycles. The molecule has 1 amide bonds. The van der Waals surface area contributed by atoms with E-state index in [-0.39, 0.29) is 13.2 Å². The Morgan fingerprint density at radius 2 is 1.30 bits per heavy atom. The van der Waals surface area contributed by atoms with Crippen LogP contribution in [0.4, 0.5) is 5.69 Å². The van der Waals surface area contributed by atoms with Crippen LogP contribution in [0, 0.1) is 0 Å². The summed E-state index contributed by atoms with van der Waals surface area (Å²) in [6, 6.07) is 26.3. The van der Waals surface area contributed by atoms with Gasteiger partial charge in [0.1, 0.15) is 5.75 Å². The zero-order chi connectivity index (χ0) is 18.9. The molecule has 5 heteroatoms. The average molecular weight is 361 g/mol. The maximum absolute atomic E-state index is 11.7. The molecule has 0 radical (unpaired) electrons. The number of para-hydroxylation sites is 1. The van der Waals surface area contributed by atoms with Gasteiger partial charge < -0.3 is 14.8 Å². The smallest absolute Gasteiger partial charge is 0.344 e. The molecule has 0 spiro atoms. The Bertz CT molecular complexity index is 877. The minimum Gasteiger partial charge on any atom is -0.482 e. The van der Waals surface area contributed by atoms with Crippen molar-refractivity contribution in [3.05, 3.63) is 84.9 Å². The molecule has 0 heterocycles. The highest BCUT2D eigenvalue weighted by molar-refractivity contribution is 5.92. The number of benzene rings is 3. The first-order valence-electron chi connectivity index (χ1n) is 8.49. The molecule has 5 nitrogen and oxygen atoms in total. The molecule has 0 aromatic heterocycles. The summed E-state index contributed by atoms with van der Waals surface area (Å²) in [6.45, 7) is -0.618. The van der Waals surface area contributed by atoms with Crippen molar-refractivity contribution in [1.82, 2.24) is 0 Å². The quantitative estimate of drug-likeness (QED) is 0.648. The monoisotopic (exact) mass is 361 g/mol. The van der Waals surface area contributed by atoms with Crippen LogP contribution in [0.1, 0.15) is 0 Å². The van der Waals surface area contributed by atoms with Gasteiger partial charge in [0.2, 0.25) is 0 Å². The second kappa shape index (κ2) is 9.20. The molecule has 0 bridgehead atoms. The maximum Gasteiger partial charge on any atom is 0.344 e. The van der Waals surface area contributed by atoms with Crippen molar-refractivity contribution >= 4 is 17.6 Å². The van der Waals surface area contributed by atoms with Crippen LogP contribution in [0.5, 0.6) is 5.75 Å². The lowest BCUT2D eigenvalue weighted by atomic mass is 10.1. The third kappa shape index (κ3) is 5.71. The summed E-state index contributed by atoms with van der Waals surface area (Å²) >= 11 is 0. The first-order chi connectivity index (χ1) is 13.2. The Labute approximate surface area is 157 Å².